The van der Waals surface area contributed by atoms with Crippen LogP contribution in [0.15, 0.2) is 0 Å². The number of hydrogen-bond acceptors (Lipinski definition) is 4. The molecule has 1 fully saturated rings. The first-order valence-corrected chi connectivity index (χ1v) is 7.68. The van der Waals surface area contributed by atoms with Crippen molar-refractivity contribution >= 4 is 5.78 Å². The maximum atomic E-state index is 11.9. The largest absolute Gasteiger partial charge is 0.380 e. The summed E-state index contributed by atoms with van der Waals surface area (Å²) >= 11 is 0. The van der Waals surface area contributed by atoms with Crippen molar-refractivity contribution in [2.24, 2.45) is 5.92 Å². The zero-order valence-corrected chi connectivity index (χ0v) is 12.5. The molecule has 0 aromatic heterocycles. The van der Waals surface area contributed by atoms with E-state index in [9.17, 15) is 4.79 Å². The Labute approximate surface area is 117 Å². The summed E-state index contributed by atoms with van der Waals surface area (Å²) in [5.74, 6) is 0.682. The van der Waals surface area contributed by atoms with Gasteiger partial charge in [-0.25, -0.2) is 0 Å². The van der Waals surface area contributed by atoms with Gasteiger partial charge in [0.1, 0.15) is 5.78 Å². The van der Waals surface area contributed by atoms with Gasteiger partial charge < -0.3 is 9.47 Å². The van der Waals surface area contributed by atoms with Gasteiger partial charge in [-0.05, 0) is 26.7 Å². The van der Waals surface area contributed by atoms with E-state index in [4.69, 9.17) is 9.47 Å². The molecule has 0 aromatic rings. The molecule has 0 aromatic carbocycles. The van der Waals surface area contributed by atoms with Gasteiger partial charge in [-0.15, -0.1) is 0 Å². The Hall–Kier alpha value is -0.450. The molecule has 4 heteroatoms. The molecule has 0 spiro atoms. The number of ketones is 1. The Balaban J connectivity index is 2.34. The van der Waals surface area contributed by atoms with E-state index in [0.717, 1.165) is 65.3 Å². The molecule has 1 unspecified atom stereocenters. The highest BCUT2D eigenvalue weighted by Crippen LogP contribution is 2.21. The summed E-state index contributed by atoms with van der Waals surface area (Å²) in [6.45, 7) is 9.66. The maximum Gasteiger partial charge on any atom is 0.137 e. The van der Waals surface area contributed by atoms with Crippen molar-refractivity contribution in [1.29, 1.82) is 0 Å². The minimum atomic E-state index is 0.233. The molecule has 112 valence electrons. The Morgan fingerprint density at radius 2 is 1.74 bits per heavy atom. The second-order valence-corrected chi connectivity index (χ2v) is 5.10. The van der Waals surface area contributed by atoms with E-state index in [1.165, 1.54) is 6.42 Å². The molecule has 0 radical (unpaired) electrons. The van der Waals surface area contributed by atoms with E-state index in [1.807, 2.05) is 13.8 Å². The van der Waals surface area contributed by atoms with Crippen LogP contribution in [0.25, 0.3) is 0 Å². The smallest absolute Gasteiger partial charge is 0.137 e. The summed E-state index contributed by atoms with van der Waals surface area (Å²) < 4.78 is 10.8. The van der Waals surface area contributed by atoms with Crippen molar-refractivity contribution in [1.82, 2.24) is 4.90 Å². The van der Waals surface area contributed by atoms with Crippen LogP contribution in [0.2, 0.25) is 0 Å². The average molecular weight is 271 g/mol. The third-order valence-electron chi connectivity index (χ3n) is 3.67. The van der Waals surface area contributed by atoms with Crippen molar-refractivity contribution < 1.29 is 14.3 Å². The van der Waals surface area contributed by atoms with Gasteiger partial charge in [0.2, 0.25) is 0 Å². The van der Waals surface area contributed by atoms with Crippen molar-refractivity contribution in [3.63, 3.8) is 0 Å². The molecule has 1 aliphatic rings. The lowest BCUT2D eigenvalue weighted by molar-refractivity contribution is -0.125. The minimum Gasteiger partial charge on any atom is -0.380 e. The lowest BCUT2D eigenvalue weighted by Crippen LogP contribution is -2.38. The fourth-order valence-electron chi connectivity index (χ4n) is 2.53. The number of nitrogens with zero attached hydrogens (tertiary/aromatic N) is 1. The second kappa shape index (κ2) is 10.4. The number of Topliss-reactive ketones (excluding diaryl/α,β-unsaturated/α-hetero) is 1. The predicted octanol–water partition coefficient (Wildman–Crippen LogP) is 2.12. The third-order valence-corrected chi connectivity index (χ3v) is 3.67. The Bertz CT molecular complexity index is 236. The summed E-state index contributed by atoms with van der Waals surface area (Å²) in [5, 5.41) is 0. The molecule has 0 heterocycles. The molecule has 0 N–H and O–H groups in total. The normalized spacial score (nSPS) is 20.2. The highest BCUT2D eigenvalue weighted by Gasteiger charge is 2.24. The van der Waals surface area contributed by atoms with Crippen LogP contribution in [0, 0.1) is 5.92 Å². The molecule has 1 rings (SSSR count). The minimum absolute atomic E-state index is 0.233. The molecule has 1 saturated carbocycles. The monoisotopic (exact) mass is 271 g/mol. The lowest BCUT2D eigenvalue weighted by atomic mass is 9.87. The van der Waals surface area contributed by atoms with Crippen molar-refractivity contribution in [2.45, 2.75) is 39.5 Å². The van der Waals surface area contributed by atoms with Crippen molar-refractivity contribution in [3.05, 3.63) is 0 Å². The zero-order valence-electron chi connectivity index (χ0n) is 12.5. The third kappa shape index (κ3) is 7.04. The summed E-state index contributed by atoms with van der Waals surface area (Å²) in [6, 6.07) is 0. The van der Waals surface area contributed by atoms with E-state index in [1.54, 1.807) is 0 Å². The molecule has 0 aliphatic heterocycles. The van der Waals surface area contributed by atoms with Crippen LogP contribution >= 0.6 is 0 Å². The Kier molecular flexibility index (Phi) is 9.05. The van der Waals surface area contributed by atoms with Gasteiger partial charge in [0.05, 0.1) is 13.2 Å². The molecule has 0 bridgehead atoms. The molecule has 4 nitrogen and oxygen atoms in total. The number of carbonyl (C=O) groups excluding carboxylic acids is 1. The van der Waals surface area contributed by atoms with Gasteiger partial charge >= 0.3 is 0 Å². The number of hydrogen-bond donors (Lipinski definition) is 0. The van der Waals surface area contributed by atoms with Crippen LogP contribution < -0.4 is 0 Å². The van der Waals surface area contributed by atoms with Crippen LogP contribution in [0.5, 0.6) is 0 Å². The van der Waals surface area contributed by atoms with Crippen molar-refractivity contribution in [2.75, 3.05) is 46.1 Å². The summed E-state index contributed by atoms with van der Waals surface area (Å²) in [4.78, 5) is 14.2. The predicted molar refractivity (Wildman–Crippen MR) is 76.4 cm³/mol. The van der Waals surface area contributed by atoms with Gasteiger partial charge in [-0.1, -0.05) is 6.42 Å². The summed E-state index contributed by atoms with van der Waals surface area (Å²) in [5.41, 5.74) is 0. The first-order valence-electron chi connectivity index (χ1n) is 7.68. The van der Waals surface area contributed by atoms with Gasteiger partial charge in [0.25, 0.3) is 0 Å². The van der Waals surface area contributed by atoms with E-state index in [2.05, 4.69) is 4.90 Å². The maximum absolute atomic E-state index is 11.9. The van der Waals surface area contributed by atoms with E-state index in [0.29, 0.717) is 5.78 Å². The van der Waals surface area contributed by atoms with Crippen LogP contribution in [0.1, 0.15) is 39.5 Å². The van der Waals surface area contributed by atoms with E-state index >= 15 is 0 Å². The Morgan fingerprint density at radius 3 is 2.26 bits per heavy atom. The van der Waals surface area contributed by atoms with Gasteiger partial charge in [0.15, 0.2) is 0 Å². The van der Waals surface area contributed by atoms with Crippen LogP contribution in [0.3, 0.4) is 0 Å². The summed E-state index contributed by atoms with van der Waals surface area (Å²) in [7, 11) is 0. The van der Waals surface area contributed by atoms with Gasteiger partial charge in [0, 0.05) is 45.2 Å². The van der Waals surface area contributed by atoms with Crippen LogP contribution in [-0.2, 0) is 14.3 Å². The van der Waals surface area contributed by atoms with Crippen LogP contribution in [0.4, 0.5) is 0 Å². The van der Waals surface area contributed by atoms with Crippen LogP contribution in [-0.4, -0.2) is 56.7 Å². The molecule has 0 saturated heterocycles. The fraction of sp³-hybridized carbons (Fsp3) is 0.933. The molecular weight excluding hydrogens is 242 g/mol. The average Bonchev–Trinajstić information content (AvgIpc) is 2.41. The fourth-order valence-corrected chi connectivity index (χ4v) is 2.53. The highest BCUT2D eigenvalue weighted by molar-refractivity contribution is 5.81. The zero-order chi connectivity index (χ0) is 13.9. The quantitative estimate of drug-likeness (QED) is 0.571. The van der Waals surface area contributed by atoms with E-state index < -0.39 is 0 Å². The molecule has 1 atom stereocenters. The second-order valence-electron chi connectivity index (χ2n) is 5.10. The molecular formula is C15H29NO3. The SMILES string of the molecule is CCOCCN(CCOCC)CC1CCCCC1=O. The lowest BCUT2D eigenvalue weighted by Gasteiger charge is -2.28. The molecule has 1 aliphatic carbocycles. The summed E-state index contributed by atoms with van der Waals surface area (Å²) in [6.07, 6.45) is 4.10. The first kappa shape index (κ1) is 16.6. The van der Waals surface area contributed by atoms with E-state index in [-0.39, 0.29) is 5.92 Å². The van der Waals surface area contributed by atoms with Crippen molar-refractivity contribution in [3.8, 4) is 0 Å². The number of rotatable bonds is 10. The topological polar surface area (TPSA) is 38.8 Å². The number of carbonyl (C=O) groups is 1. The number of ether oxygens (including phenoxy) is 2. The molecule has 19 heavy (non-hydrogen) atoms. The van der Waals surface area contributed by atoms with Gasteiger partial charge in [-0.2, -0.15) is 0 Å². The Morgan fingerprint density at radius 1 is 1.11 bits per heavy atom. The standard InChI is InChI=1S/C15H29NO3/c1-3-18-11-9-16(10-12-19-4-2)13-14-7-5-6-8-15(14)17/h14H,3-13H2,1-2H3. The van der Waals surface area contributed by atoms with Gasteiger partial charge in [-0.3, -0.25) is 9.69 Å². The highest BCUT2D eigenvalue weighted by atomic mass is 16.5. The molecule has 0 amide bonds. The first-order chi connectivity index (χ1) is 9.27.